The zero-order valence-electron chi connectivity index (χ0n) is 11.2. The first-order valence-electron chi connectivity index (χ1n) is 6.37. The van der Waals surface area contributed by atoms with Crippen LogP contribution in [0.25, 0.3) is 0 Å². The van der Waals surface area contributed by atoms with Gasteiger partial charge in [0.15, 0.2) is 0 Å². The smallest absolute Gasteiger partial charge is 0.137 e. The van der Waals surface area contributed by atoms with Crippen molar-refractivity contribution in [1.29, 1.82) is 0 Å². The molecular formula is C15H18FN3. The van der Waals surface area contributed by atoms with Crippen LogP contribution in [0.5, 0.6) is 0 Å². The van der Waals surface area contributed by atoms with Gasteiger partial charge >= 0.3 is 0 Å². The highest BCUT2D eigenvalue weighted by Gasteiger charge is 2.15. The van der Waals surface area contributed by atoms with Crippen LogP contribution in [-0.4, -0.2) is 11.5 Å². The summed E-state index contributed by atoms with van der Waals surface area (Å²) in [4.78, 5) is 6.45. The summed E-state index contributed by atoms with van der Waals surface area (Å²) in [6, 6.07) is 10.1. The molecule has 0 aliphatic rings. The van der Waals surface area contributed by atoms with Crippen LogP contribution in [0.3, 0.4) is 0 Å². The molecule has 0 fully saturated rings. The van der Waals surface area contributed by atoms with Crippen molar-refractivity contribution in [3.05, 3.63) is 54.0 Å². The fourth-order valence-electron chi connectivity index (χ4n) is 2.07. The van der Waals surface area contributed by atoms with Gasteiger partial charge in [0.05, 0.1) is 0 Å². The molecule has 0 bridgehead atoms. The number of nitrogens with zero attached hydrogens (tertiary/aromatic N) is 2. The number of hydrogen-bond acceptors (Lipinski definition) is 3. The number of benzene rings is 1. The third-order valence-electron chi connectivity index (χ3n) is 3.02. The minimum Gasteiger partial charge on any atom is -0.326 e. The monoisotopic (exact) mass is 259 g/mol. The number of hydrogen-bond donors (Lipinski definition) is 1. The van der Waals surface area contributed by atoms with Gasteiger partial charge in [-0.05, 0) is 44.2 Å². The van der Waals surface area contributed by atoms with Gasteiger partial charge in [-0.15, -0.1) is 0 Å². The molecule has 4 heteroatoms. The van der Waals surface area contributed by atoms with E-state index in [4.69, 9.17) is 5.73 Å². The first kappa shape index (κ1) is 13.5. The van der Waals surface area contributed by atoms with Gasteiger partial charge in [0.2, 0.25) is 0 Å². The number of halogens is 1. The number of anilines is 2. The molecule has 100 valence electrons. The number of aromatic nitrogens is 1. The lowest BCUT2D eigenvalue weighted by atomic mass is 10.1. The molecule has 0 amide bonds. The van der Waals surface area contributed by atoms with Gasteiger partial charge in [0, 0.05) is 30.0 Å². The van der Waals surface area contributed by atoms with E-state index in [1.165, 1.54) is 12.1 Å². The van der Waals surface area contributed by atoms with Gasteiger partial charge in [0.25, 0.3) is 0 Å². The highest BCUT2D eigenvalue weighted by Crippen LogP contribution is 2.29. The van der Waals surface area contributed by atoms with Crippen molar-refractivity contribution < 1.29 is 4.39 Å². The zero-order valence-corrected chi connectivity index (χ0v) is 11.2. The summed E-state index contributed by atoms with van der Waals surface area (Å²) >= 11 is 0. The van der Waals surface area contributed by atoms with Crippen molar-refractivity contribution in [2.75, 3.05) is 11.4 Å². The fourth-order valence-corrected chi connectivity index (χ4v) is 2.07. The van der Waals surface area contributed by atoms with Crippen molar-refractivity contribution >= 4 is 11.5 Å². The van der Waals surface area contributed by atoms with Gasteiger partial charge in [-0.25, -0.2) is 9.37 Å². The number of pyridine rings is 1. The summed E-state index contributed by atoms with van der Waals surface area (Å²) in [5, 5.41) is 0. The summed E-state index contributed by atoms with van der Waals surface area (Å²) in [5.74, 6) is 0.583. The first-order valence-corrected chi connectivity index (χ1v) is 6.37. The molecule has 2 aromatic rings. The van der Waals surface area contributed by atoms with E-state index in [2.05, 4.69) is 4.98 Å². The average Bonchev–Trinajstić information content (AvgIpc) is 2.42. The van der Waals surface area contributed by atoms with E-state index >= 15 is 0 Å². The Morgan fingerprint density at radius 2 is 1.95 bits per heavy atom. The van der Waals surface area contributed by atoms with Gasteiger partial charge < -0.3 is 10.6 Å². The normalized spacial score (nSPS) is 12.2. The largest absolute Gasteiger partial charge is 0.326 e. The van der Waals surface area contributed by atoms with E-state index in [0.717, 1.165) is 23.6 Å². The minimum absolute atomic E-state index is 0.0989. The summed E-state index contributed by atoms with van der Waals surface area (Å²) in [5.41, 5.74) is 7.87. The van der Waals surface area contributed by atoms with E-state index in [-0.39, 0.29) is 11.9 Å². The van der Waals surface area contributed by atoms with E-state index < -0.39 is 0 Å². The SMILES string of the molecule is CCN(c1ccc(F)cc1)c1ncccc1[C@H](C)N. The van der Waals surface area contributed by atoms with Gasteiger partial charge in [-0.3, -0.25) is 0 Å². The molecule has 0 radical (unpaired) electrons. The topological polar surface area (TPSA) is 42.2 Å². The summed E-state index contributed by atoms with van der Waals surface area (Å²) in [6.45, 7) is 4.70. The van der Waals surface area contributed by atoms with Crippen molar-refractivity contribution in [2.24, 2.45) is 5.73 Å². The second kappa shape index (κ2) is 5.80. The van der Waals surface area contributed by atoms with E-state index in [1.807, 2.05) is 30.9 Å². The Labute approximate surface area is 112 Å². The van der Waals surface area contributed by atoms with Gasteiger partial charge in [0.1, 0.15) is 11.6 Å². The standard InChI is InChI=1S/C15H18FN3/c1-3-19(13-8-6-12(16)7-9-13)15-14(11(2)17)5-4-10-18-15/h4-11H,3,17H2,1-2H3/t11-/m0/s1. The maximum Gasteiger partial charge on any atom is 0.137 e. The molecule has 1 heterocycles. The minimum atomic E-state index is -0.242. The molecule has 3 nitrogen and oxygen atoms in total. The highest BCUT2D eigenvalue weighted by molar-refractivity contribution is 5.63. The molecule has 0 saturated carbocycles. The highest BCUT2D eigenvalue weighted by atomic mass is 19.1. The molecular weight excluding hydrogens is 241 g/mol. The Balaban J connectivity index is 2.45. The maximum absolute atomic E-state index is 13.0. The lowest BCUT2D eigenvalue weighted by Crippen LogP contribution is -2.21. The molecule has 19 heavy (non-hydrogen) atoms. The molecule has 0 aliphatic heterocycles. The summed E-state index contributed by atoms with van der Waals surface area (Å²) in [7, 11) is 0. The van der Waals surface area contributed by atoms with Crippen LogP contribution in [-0.2, 0) is 0 Å². The van der Waals surface area contributed by atoms with Crippen LogP contribution >= 0.6 is 0 Å². The molecule has 2 N–H and O–H groups in total. The Hall–Kier alpha value is -1.94. The quantitative estimate of drug-likeness (QED) is 0.915. The molecule has 2 rings (SSSR count). The Bertz CT molecular complexity index is 537. The van der Waals surface area contributed by atoms with Crippen molar-refractivity contribution in [3.8, 4) is 0 Å². The lowest BCUT2D eigenvalue weighted by molar-refractivity contribution is 0.627. The average molecular weight is 259 g/mol. The van der Waals surface area contributed by atoms with Crippen molar-refractivity contribution in [3.63, 3.8) is 0 Å². The van der Waals surface area contributed by atoms with Crippen molar-refractivity contribution in [1.82, 2.24) is 4.98 Å². The Morgan fingerprint density at radius 3 is 2.53 bits per heavy atom. The van der Waals surface area contributed by atoms with Gasteiger partial charge in [-0.2, -0.15) is 0 Å². The van der Waals surface area contributed by atoms with E-state index in [1.54, 1.807) is 18.3 Å². The van der Waals surface area contributed by atoms with Crippen LogP contribution < -0.4 is 10.6 Å². The Morgan fingerprint density at radius 1 is 1.26 bits per heavy atom. The van der Waals surface area contributed by atoms with E-state index in [0.29, 0.717) is 0 Å². The number of nitrogens with two attached hydrogens (primary N) is 1. The maximum atomic E-state index is 13.0. The third-order valence-corrected chi connectivity index (χ3v) is 3.02. The zero-order chi connectivity index (χ0) is 13.8. The lowest BCUT2D eigenvalue weighted by Gasteiger charge is -2.25. The molecule has 1 aromatic carbocycles. The summed E-state index contributed by atoms with van der Waals surface area (Å²) in [6.07, 6.45) is 1.74. The predicted molar refractivity (Wildman–Crippen MR) is 75.9 cm³/mol. The number of rotatable bonds is 4. The van der Waals surface area contributed by atoms with Crippen LogP contribution in [0, 0.1) is 5.82 Å². The predicted octanol–water partition coefficient (Wildman–Crippen LogP) is 3.40. The van der Waals surface area contributed by atoms with E-state index in [9.17, 15) is 4.39 Å². The second-order valence-electron chi connectivity index (χ2n) is 4.43. The van der Waals surface area contributed by atoms with Crippen LogP contribution in [0.1, 0.15) is 25.5 Å². The summed E-state index contributed by atoms with van der Waals surface area (Å²) < 4.78 is 13.0. The molecule has 0 unspecified atom stereocenters. The molecule has 0 spiro atoms. The molecule has 0 aliphatic carbocycles. The van der Waals surface area contributed by atoms with Crippen LogP contribution in [0.4, 0.5) is 15.9 Å². The second-order valence-corrected chi connectivity index (χ2v) is 4.43. The first-order chi connectivity index (χ1) is 9.13. The van der Waals surface area contributed by atoms with Crippen LogP contribution in [0.15, 0.2) is 42.6 Å². The molecule has 0 saturated heterocycles. The van der Waals surface area contributed by atoms with Crippen molar-refractivity contribution in [2.45, 2.75) is 19.9 Å². The third kappa shape index (κ3) is 2.90. The fraction of sp³-hybridized carbons (Fsp3) is 0.267. The molecule has 1 atom stereocenters. The van der Waals surface area contributed by atoms with Crippen LogP contribution in [0.2, 0.25) is 0 Å². The Kier molecular flexibility index (Phi) is 4.12. The molecule has 1 aromatic heterocycles. The van der Waals surface area contributed by atoms with Gasteiger partial charge in [-0.1, -0.05) is 6.07 Å².